The van der Waals surface area contributed by atoms with Gasteiger partial charge in [-0.2, -0.15) is 5.26 Å². The van der Waals surface area contributed by atoms with Crippen molar-refractivity contribution in [2.45, 2.75) is 64.7 Å². The fourth-order valence-corrected chi connectivity index (χ4v) is 1.62. The smallest absolute Gasteiger partial charge is 0.0645 e. The molecule has 0 rings (SSSR count). The highest BCUT2D eigenvalue weighted by Gasteiger charge is 1.91. The molecule has 0 aromatic heterocycles. The summed E-state index contributed by atoms with van der Waals surface area (Å²) >= 11 is 0. The zero-order chi connectivity index (χ0) is 12.6. The first-order valence-corrected chi connectivity index (χ1v) is 7.01. The molecule has 17 heavy (non-hydrogen) atoms. The Morgan fingerprint density at radius 3 is 2.41 bits per heavy atom. The first-order chi connectivity index (χ1) is 8.41. The minimum Gasteiger partial charge on any atom is -0.380 e. The monoisotopic (exact) mass is 237 g/mol. The van der Waals surface area contributed by atoms with E-state index >= 15 is 0 Å². The quantitative estimate of drug-likeness (QED) is 0.367. The van der Waals surface area contributed by atoms with Gasteiger partial charge >= 0.3 is 0 Å². The molecular formula is C15H27NO. The molecule has 0 aliphatic carbocycles. The molecular weight excluding hydrogens is 210 g/mol. The van der Waals surface area contributed by atoms with E-state index in [1.165, 1.54) is 44.9 Å². The lowest BCUT2D eigenvalue weighted by Crippen LogP contribution is -1.95. The van der Waals surface area contributed by atoms with Crippen LogP contribution >= 0.6 is 0 Å². The van der Waals surface area contributed by atoms with E-state index in [1.807, 2.05) is 0 Å². The van der Waals surface area contributed by atoms with Crippen LogP contribution in [-0.4, -0.2) is 13.2 Å². The molecule has 0 fully saturated rings. The maximum absolute atomic E-state index is 8.31. The summed E-state index contributed by atoms with van der Waals surface area (Å²) in [5.41, 5.74) is 0. The lowest BCUT2D eigenvalue weighted by Gasteiger charge is -2.01. The average Bonchev–Trinajstić information content (AvgIpc) is 2.35. The van der Waals surface area contributed by atoms with Crippen LogP contribution in [0.2, 0.25) is 0 Å². The first-order valence-electron chi connectivity index (χ1n) is 7.01. The predicted molar refractivity (Wildman–Crippen MR) is 72.8 cm³/mol. The van der Waals surface area contributed by atoms with E-state index < -0.39 is 0 Å². The van der Waals surface area contributed by atoms with E-state index in [-0.39, 0.29) is 0 Å². The molecule has 0 unspecified atom stereocenters. The van der Waals surface area contributed by atoms with Crippen LogP contribution in [0.3, 0.4) is 0 Å². The van der Waals surface area contributed by atoms with E-state index in [1.54, 1.807) is 0 Å². The molecule has 0 aliphatic rings. The zero-order valence-corrected chi connectivity index (χ0v) is 11.3. The van der Waals surface area contributed by atoms with Gasteiger partial charge in [0.25, 0.3) is 0 Å². The van der Waals surface area contributed by atoms with Gasteiger partial charge in [-0.25, -0.2) is 0 Å². The summed E-state index contributed by atoms with van der Waals surface area (Å²) in [5.74, 6) is 0. The minimum atomic E-state index is 0.518. The van der Waals surface area contributed by atoms with Crippen molar-refractivity contribution in [3.05, 3.63) is 12.2 Å². The van der Waals surface area contributed by atoms with Crippen molar-refractivity contribution < 1.29 is 4.74 Å². The van der Waals surface area contributed by atoms with Crippen LogP contribution in [0.1, 0.15) is 64.7 Å². The van der Waals surface area contributed by atoms with Crippen LogP contribution in [0.5, 0.6) is 0 Å². The Balaban J connectivity index is 2.96. The van der Waals surface area contributed by atoms with Crippen LogP contribution in [0.4, 0.5) is 0 Å². The third kappa shape index (κ3) is 15.2. The van der Waals surface area contributed by atoms with E-state index in [0.29, 0.717) is 13.0 Å². The Morgan fingerprint density at radius 2 is 1.65 bits per heavy atom. The summed E-state index contributed by atoms with van der Waals surface area (Å²) in [4.78, 5) is 0. The number of nitriles is 1. The predicted octanol–water partition coefficient (Wildman–Crippen LogP) is 4.61. The topological polar surface area (TPSA) is 33.0 Å². The average molecular weight is 237 g/mol. The molecule has 98 valence electrons. The van der Waals surface area contributed by atoms with Crippen molar-refractivity contribution >= 4 is 0 Å². The maximum atomic E-state index is 8.31. The number of hydrogen-bond donors (Lipinski definition) is 0. The van der Waals surface area contributed by atoms with Crippen molar-refractivity contribution in [2.75, 3.05) is 13.2 Å². The number of ether oxygens (including phenoxy) is 1. The standard InChI is InChI=1S/C15H27NO/c1-2-3-4-5-6-7-8-9-10-11-14-17-15-12-13-16/h4-5H,2-3,6-12,14-15H2,1H3/b5-4+. The van der Waals surface area contributed by atoms with Gasteiger partial charge in [-0.15, -0.1) is 0 Å². The van der Waals surface area contributed by atoms with E-state index in [2.05, 4.69) is 25.1 Å². The van der Waals surface area contributed by atoms with Gasteiger partial charge < -0.3 is 4.74 Å². The molecule has 0 amide bonds. The van der Waals surface area contributed by atoms with Crippen molar-refractivity contribution in [1.82, 2.24) is 0 Å². The summed E-state index contributed by atoms with van der Waals surface area (Å²) in [6, 6.07) is 2.08. The van der Waals surface area contributed by atoms with Gasteiger partial charge in [0.15, 0.2) is 0 Å². The van der Waals surface area contributed by atoms with Gasteiger partial charge in [0.1, 0.15) is 0 Å². The zero-order valence-electron chi connectivity index (χ0n) is 11.3. The van der Waals surface area contributed by atoms with Crippen molar-refractivity contribution in [3.8, 4) is 6.07 Å². The second-order valence-electron chi connectivity index (χ2n) is 4.34. The number of hydrogen-bond acceptors (Lipinski definition) is 2. The highest BCUT2D eigenvalue weighted by atomic mass is 16.5. The highest BCUT2D eigenvalue weighted by Crippen LogP contribution is 2.06. The highest BCUT2D eigenvalue weighted by molar-refractivity contribution is 4.80. The molecule has 0 spiro atoms. The van der Waals surface area contributed by atoms with E-state index in [4.69, 9.17) is 10.00 Å². The van der Waals surface area contributed by atoms with Gasteiger partial charge in [-0.05, 0) is 25.7 Å². The summed E-state index contributed by atoms with van der Waals surface area (Å²) in [5, 5.41) is 8.31. The number of allylic oxidation sites excluding steroid dienone is 2. The first kappa shape index (κ1) is 16.2. The van der Waals surface area contributed by atoms with Gasteiger partial charge in [-0.1, -0.05) is 44.8 Å². The fourth-order valence-electron chi connectivity index (χ4n) is 1.62. The van der Waals surface area contributed by atoms with Crippen LogP contribution in [0.15, 0.2) is 12.2 Å². The number of unbranched alkanes of at least 4 members (excludes halogenated alkanes) is 6. The molecule has 0 radical (unpaired) electrons. The molecule has 0 N–H and O–H groups in total. The Labute approximate surface area is 107 Å². The molecule has 0 heterocycles. The number of rotatable bonds is 12. The molecule has 0 saturated heterocycles. The second kappa shape index (κ2) is 15.2. The van der Waals surface area contributed by atoms with E-state index in [0.717, 1.165) is 13.0 Å². The molecule has 0 bridgehead atoms. The molecule has 2 nitrogen and oxygen atoms in total. The lowest BCUT2D eigenvalue weighted by atomic mass is 10.1. The van der Waals surface area contributed by atoms with Crippen molar-refractivity contribution in [1.29, 1.82) is 5.26 Å². The van der Waals surface area contributed by atoms with Crippen LogP contribution in [0.25, 0.3) is 0 Å². The van der Waals surface area contributed by atoms with Crippen molar-refractivity contribution in [3.63, 3.8) is 0 Å². The Morgan fingerprint density at radius 1 is 0.941 bits per heavy atom. The third-order valence-electron chi connectivity index (χ3n) is 2.64. The molecule has 0 aromatic rings. The van der Waals surface area contributed by atoms with Crippen LogP contribution < -0.4 is 0 Å². The normalized spacial score (nSPS) is 10.8. The molecule has 2 heteroatoms. The van der Waals surface area contributed by atoms with Gasteiger partial charge in [-0.3, -0.25) is 0 Å². The second-order valence-corrected chi connectivity index (χ2v) is 4.34. The molecule has 0 aliphatic heterocycles. The van der Waals surface area contributed by atoms with Gasteiger partial charge in [0, 0.05) is 6.61 Å². The van der Waals surface area contributed by atoms with E-state index in [9.17, 15) is 0 Å². The minimum absolute atomic E-state index is 0.518. The molecule has 0 saturated carbocycles. The van der Waals surface area contributed by atoms with Crippen LogP contribution in [-0.2, 0) is 4.74 Å². The summed E-state index contributed by atoms with van der Waals surface area (Å²) in [7, 11) is 0. The lowest BCUT2D eigenvalue weighted by molar-refractivity contribution is 0.135. The number of nitrogens with zero attached hydrogens (tertiary/aromatic N) is 1. The Kier molecular flexibility index (Phi) is 14.5. The summed E-state index contributed by atoms with van der Waals surface area (Å²) in [6.45, 7) is 3.62. The van der Waals surface area contributed by atoms with Gasteiger partial charge in [0.05, 0.1) is 19.1 Å². The maximum Gasteiger partial charge on any atom is 0.0645 e. The Bertz CT molecular complexity index is 205. The Hall–Kier alpha value is -0.810. The SMILES string of the molecule is CCC/C=C/CCCCCCCOCCC#N. The fraction of sp³-hybridized carbons (Fsp3) is 0.800. The van der Waals surface area contributed by atoms with Gasteiger partial charge in [0.2, 0.25) is 0 Å². The third-order valence-corrected chi connectivity index (χ3v) is 2.64. The largest absolute Gasteiger partial charge is 0.380 e. The summed E-state index contributed by atoms with van der Waals surface area (Å²) in [6.07, 6.45) is 15.2. The molecule has 0 aromatic carbocycles. The molecule has 0 atom stereocenters. The van der Waals surface area contributed by atoms with Crippen LogP contribution in [0, 0.1) is 11.3 Å². The summed E-state index contributed by atoms with van der Waals surface area (Å²) < 4.78 is 5.31. The van der Waals surface area contributed by atoms with Crippen molar-refractivity contribution in [2.24, 2.45) is 0 Å².